The molecule has 0 radical (unpaired) electrons. The number of hydrogen-bond acceptors (Lipinski definition) is 4. The van der Waals surface area contributed by atoms with E-state index in [0.717, 1.165) is 11.4 Å². The molecule has 3 nitrogen and oxygen atoms in total. The van der Waals surface area contributed by atoms with Crippen molar-refractivity contribution in [1.29, 1.82) is 0 Å². The second-order valence-corrected chi connectivity index (χ2v) is 5.66. The summed E-state index contributed by atoms with van der Waals surface area (Å²) in [5.74, 6) is 0.714. The minimum atomic E-state index is 0.104. The van der Waals surface area contributed by atoms with Crippen molar-refractivity contribution in [1.82, 2.24) is 0 Å². The van der Waals surface area contributed by atoms with Gasteiger partial charge in [-0.1, -0.05) is 6.07 Å². The van der Waals surface area contributed by atoms with E-state index in [4.69, 9.17) is 10.5 Å². The van der Waals surface area contributed by atoms with Crippen molar-refractivity contribution in [2.45, 2.75) is 24.8 Å². The van der Waals surface area contributed by atoms with Gasteiger partial charge < -0.3 is 15.8 Å². The van der Waals surface area contributed by atoms with Crippen molar-refractivity contribution < 1.29 is 4.74 Å². The lowest BCUT2D eigenvalue weighted by Crippen LogP contribution is -2.07. The van der Waals surface area contributed by atoms with Crippen molar-refractivity contribution in [3.05, 3.63) is 42.5 Å². The average molecular weight is 288 g/mol. The summed E-state index contributed by atoms with van der Waals surface area (Å²) in [6, 6.07) is 14.0. The summed E-state index contributed by atoms with van der Waals surface area (Å²) in [7, 11) is 0. The standard InChI is InChI=1S/C16H20N2OS/c1-11(2)19-16-10-13(7-8-15(16)17)18-12-5-4-6-14(9-12)20-3/h4-11,18H,17H2,1-3H3. The smallest absolute Gasteiger partial charge is 0.144 e. The number of benzene rings is 2. The molecule has 2 aromatic carbocycles. The van der Waals surface area contributed by atoms with E-state index >= 15 is 0 Å². The van der Waals surface area contributed by atoms with Crippen molar-refractivity contribution in [2.24, 2.45) is 0 Å². The van der Waals surface area contributed by atoms with Crippen LogP contribution in [0.3, 0.4) is 0 Å². The van der Waals surface area contributed by atoms with Crippen LogP contribution in [-0.4, -0.2) is 12.4 Å². The van der Waals surface area contributed by atoms with Crippen molar-refractivity contribution in [3.63, 3.8) is 0 Å². The fourth-order valence-electron chi connectivity index (χ4n) is 1.84. The Kier molecular flexibility index (Phi) is 4.79. The normalized spacial score (nSPS) is 10.6. The molecule has 2 rings (SSSR count). The van der Waals surface area contributed by atoms with E-state index < -0.39 is 0 Å². The van der Waals surface area contributed by atoms with Crippen LogP contribution in [0.25, 0.3) is 0 Å². The zero-order chi connectivity index (χ0) is 14.5. The zero-order valence-corrected chi connectivity index (χ0v) is 12.8. The maximum Gasteiger partial charge on any atom is 0.144 e. The van der Waals surface area contributed by atoms with Gasteiger partial charge in [0, 0.05) is 22.3 Å². The van der Waals surface area contributed by atoms with Gasteiger partial charge in [0.15, 0.2) is 0 Å². The second-order valence-electron chi connectivity index (χ2n) is 4.78. The highest BCUT2D eigenvalue weighted by Gasteiger charge is 2.05. The van der Waals surface area contributed by atoms with Crippen LogP contribution in [0, 0.1) is 0 Å². The number of nitrogens with two attached hydrogens (primary N) is 1. The molecule has 0 saturated heterocycles. The van der Waals surface area contributed by atoms with E-state index in [1.54, 1.807) is 11.8 Å². The van der Waals surface area contributed by atoms with Gasteiger partial charge >= 0.3 is 0 Å². The fourth-order valence-corrected chi connectivity index (χ4v) is 2.30. The molecule has 20 heavy (non-hydrogen) atoms. The van der Waals surface area contributed by atoms with Crippen LogP contribution in [0.4, 0.5) is 17.1 Å². The Morgan fingerprint density at radius 2 is 1.85 bits per heavy atom. The van der Waals surface area contributed by atoms with E-state index in [-0.39, 0.29) is 6.10 Å². The first-order valence-corrected chi connectivity index (χ1v) is 7.78. The molecule has 0 aliphatic rings. The van der Waals surface area contributed by atoms with Gasteiger partial charge in [0.2, 0.25) is 0 Å². The van der Waals surface area contributed by atoms with Gasteiger partial charge in [0.05, 0.1) is 11.8 Å². The number of anilines is 3. The van der Waals surface area contributed by atoms with Crippen LogP contribution < -0.4 is 15.8 Å². The van der Waals surface area contributed by atoms with Crippen molar-refractivity contribution in [2.75, 3.05) is 17.3 Å². The molecule has 106 valence electrons. The molecule has 3 N–H and O–H groups in total. The number of ether oxygens (including phenoxy) is 1. The van der Waals surface area contributed by atoms with Crippen molar-refractivity contribution >= 4 is 28.8 Å². The van der Waals surface area contributed by atoms with Crippen LogP contribution in [0.1, 0.15) is 13.8 Å². The first-order valence-electron chi connectivity index (χ1n) is 6.55. The third-order valence-electron chi connectivity index (χ3n) is 2.73. The first-order chi connectivity index (χ1) is 9.58. The van der Waals surface area contributed by atoms with Crippen LogP contribution in [0.2, 0.25) is 0 Å². The van der Waals surface area contributed by atoms with Crippen LogP contribution in [0.5, 0.6) is 5.75 Å². The molecule has 0 atom stereocenters. The number of nitrogens with one attached hydrogen (secondary N) is 1. The van der Waals surface area contributed by atoms with Gasteiger partial charge in [-0.3, -0.25) is 0 Å². The quantitative estimate of drug-likeness (QED) is 0.627. The summed E-state index contributed by atoms with van der Waals surface area (Å²) < 4.78 is 5.70. The zero-order valence-electron chi connectivity index (χ0n) is 12.0. The molecule has 2 aromatic rings. The monoisotopic (exact) mass is 288 g/mol. The summed E-state index contributed by atoms with van der Waals surface area (Å²) in [5, 5.41) is 3.37. The van der Waals surface area contributed by atoms with E-state index in [1.807, 2.05) is 44.2 Å². The van der Waals surface area contributed by atoms with Gasteiger partial charge in [-0.2, -0.15) is 0 Å². The SMILES string of the molecule is CSc1cccc(Nc2ccc(N)c(OC(C)C)c2)c1. The summed E-state index contributed by atoms with van der Waals surface area (Å²) in [5.41, 5.74) is 8.59. The van der Waals surface area contributed by atoms with E-state index in [0.29, 0.717) is 11.4 Å². The highest BCUT2D eigenvalue weighted by molar-refractivity contribution is 7.98. The van der Waals surface area contributed by atoms with E-state index in [9.17, 15) is 0 Å². The number of hydrogen-bond donors (Lipinski definition) is 2. The lowest BCUT2D eigenvalue weighted by atomic mass is 10.2. The van der Waals surface area contributed by atoms with Gasteiger partial charge in [-0.25, -0.2) is 0 Å². The predicted molar refractivity (Wildman–Crippen MR) is 88.1 cm³/mol. The van der Waals surface area contributed by atoms with Gasteiger partial charge in [0.25, 0.3) is 0 Å². The molecule has 0 unspecified atom stereocenters. The molecule has 0 saturated carbocycles. The molecule has 0 spiro atoms. The lowest BCUT2D eigenvalue weighted by molar-refractivity contribution is 0.244. The van der Waals surface area contributed by atoms with Crippen LogP contribution in [0.15, 0.2) is 47.4 Å². The predicted octanol–water partition coefficient (Wildman–Crippen LogP) is 4.52. The van der Waals surface area contributed by atoms with E-state index in [1.165, 1.54) is 4.90 Å². The van der Waals surface area contributed by atoms with Gasteiger partial charge in [-0.15, -0.1) is 11.8 Å². The molecule has 4 heteroatoms. The number of thioether (sulfide) groups is 1. The van der Waals surface area contributed by atoms with Crippen LogP contribution in [-0.2, 0) is 0 Å². The Labute approximate surface area is 124 Å². The maximum atomic E-state index is 5.92. The Balaban J connectivity index is 2.20. The number of rotatable bonds is 5. The third-order valence-corrected chi connectivity index (χ3v) is 3.46. The Hall–Kier alpha value is -1.81. The molecular weight excluding hydrogens is 268 g/mol. The topological polar surface area (TPSA) is 47.3 Å². The Morgan fingerprint density at radius 1 is 1.10 bits per heavy atom. The molecule has 0 amide bonds. The van der Waals surface area contributed by atoms with Gasteiger partial charge in [-0.05, 0) is 50.4 Å². The Bertz CT molecular complexity index is 584. The maximum absolute atomic E-state index is 5.92. The minimum absolute atomic E-state index is 0.104. The van der Waals surface area contributed by atoms with Crippen LogP contribution >= 0.6 is 11.8 Å². The highest BCUT2D eigenvalue weighted by Crippen LogP contribution is 2.29. The molecule has 0 aliphatic heterocycles. The molecule has 0 heterocycles. The molecule has 0 aromatic heterocycles. The lowest BCUT2D eigenvalue weighted by Gasteiger charge is -2.14. The van der Waals surface area contributed by atoms with Gasteiger partial charge in [0.1, 0.15) is 5.75 Å². The first kappa shape index (κ1) is 14.6. The third kappa shape index (κ3) is 3.84. The fraction of sp³-hybridized carbons (Fsp3) is 0.250. The summed E-state index contributed by atoms with van der Waals surface area (Å²) >= 11 is 1.72. The van der Waals surface area contributed by atoms with E-state index in [2.05, 4.69) is 23.7 Å². The van der Waals surface area contributed by atoms with Crippen molar-refractivity contribution in [3.8, 4) is 5.75 Å². The minimum Gasteiger partial charge on any atom is -0.489 e. The molecule has 0 fully saturated rings. The average Bonchev–Trinajstić information content (AvgIpc) is 2.42. The Morgan fingerprint density at radius 3 is 2.55 bits per heavy atom. The molecule has 0 aliphatic carbocycles. The largest absolute Gasteiger partial charge is 0.489 e. The summed E-state index contributed by atoms with van der Waals surface area (Å²) in [6.45, 7) is 3.98. The summed E-state index contributed by atoms with van der Waals surface area (Å²) in [4.78, 5) is 1.23. The highest BCUT2D eigenvalue weighted by atomic mass is 32.2. The second kappa shape index (κ2) is 6.57. The summed E-state index contributed by atoms with van der Waals surface area (Å²) in [6.07, 6.45) is 2.17. The molecular formula is C16H20N2OS. The number of nitrogen functional groups attached to an aromatic ring is 1. The molecule has 0 bridgehead atoms.